The Balaban J connectivity index is 1.78. The lowest BCUT2D eigenvalue weighted by Gasteiger charge is -2.33. The third kappa shape index (κ3) is 7.63. The number of amides is 2. The molecule has 0 spiro atoms. The lowest BCUT2D eigenvalue weighted by Crippen LogP contribution is -2.53. The van der Waals surface area contributed by atoms with Crippen LogP contribution in [0.25, 0.3) is 0 Å². The third-order valence-electron chi connectivity index (χ3n) is 6.77. The summed E-state index contributed by atoms with van der Waals surface area (Å²) in [5, 5.41) is 2.64. The van der Waals surface area contributed by atoms with Gasteiger partial charge in [0.2, 0.25) is 11.8 Å². The van der Waals surface area contributed by atoms with Gasteiger partial charge in [-0.25, -0.2) is 12.8 Å². The fourth-order valence-corrected chi connectivity index (χ4v) is 6.30. The van der Waals surface area contributed by atoms with E-state index < -0.39 is 40.2 Å². The minimum Gasteiger partial charge on any atom is -0.357 e. The Morgan fingerprint density at radius 3 is 2.17 bits per heavy atom. The smallest absolute Gasteiger partial charge is 0.264 e. The van der Waals surface area contributed by atoms with Crippen LogP contribution in [-0.4, -0.2) is 44.8 Å². The molecule has 0 saturated carbocycles. The molecule has 4 aromatic carbocycles. The quantitative estimate of drug-likeness (QED) is 0.233. The normalized spacial score (nSPS) is 11.9. The fraction of sp³-hybridized carbons (Fsp3) is 0.188. The summed E-state index contributed by atoms with van der Waals surface area (Å²) in [6, 6.07) is 26.9. The summed E-state index contributed by atoms with van der Waals surface area (Å²) < 4.78 is 43.3. The molecule has 7 nitrogen and oxygen atoms in total. The number of carbonyl (C=O) groups excluding carboxylic acids is 2. The van der Waals surface area contributed by atoms with Crippen molar-refractivity contribution in [2.45, 2.75) is 30.8 Å². The first kappa shape index (κ1) is 30.9. The van der Waals surface area contributed by atoms with Crippen molar-refractivity contribution in [2.24, 2.45) is 0 Å². The van der Waals surface area contributed by atoms with Gasteiger partial charge >= 0.3 is 0 Å². The lowest BCUT2D eigenvalue weighted by atomic mass is 10.0. The molecule has 0 bridgehead atoms. The van der Waals surface area contributed by atoms with E-state index in [0.717, 1.165) is 15.4 Å². The van der Waals surface area contributed by atoms with Crippen LogP contribution in [0.15, 0.2) is 112 Å². The minimum absolute atomic E-state index is 0.0260. The van der Waals surface area contributed by atoms with E-state index in [1.54, 1.807) is 36.4 Å². The van der Waals surface area contributed by atoms with E-state index in [9.17, 15) is 22.4 Å². The van der Waals surface area contributed by atoms with Gasteiger partial charge in [-0.05, 0) is 60.5 Å². The van der Waals surface area contributed by atoms with Gasteiger partial charge in [-0.2, -0.15) is 0 Å². The Bertz CT molecular complexity index is 1630. The molecule has 0 unspecified atom stereocenters. The topological polar surface area (TPSA) is 86.8 Å². The first-order valence-electron chi connectivity index (χ1n) is 13.2. The van der Waals surface area contributed by atoms with Crippen molar-refractivity contribution in [3.8, 4) is 0 Å². The van der Waals surface area contributed by atoms with Crippen LogP contribution in [0, 0.1) is 12.7 Å². The highest BCUT2D eigenvalue weighted by molar-refractivity contribution is 9.10. The van der Waals surface area contributed by atoms with Crippen molar-refractivity contribution in [1.82, 2.24) is 10.2 Å². The van der Waals surface area contributed by atoms with Crippen LogP contribution in [-0.2, 0) is 32.6 Å². The van der Waals surface area contributed by atoms with Gasteiger partial charge in [-0.3, -0.25) is 13.9 Å². The molecule has 10 heteroatoms. The fourth-order valence-electron chi connectivity index (χ4n) is 4.50. The monoisotopic (exact) mass is 651 g/mol. The second-order valence-corrected chi connectivity index (χ2v) is 12.6. The number of likely N-dealkylation sites (N-methyl/N-ethyl adjacent to an activating group) is 1. The van der Waals surface area contributed by atoms with Crippen LogP contribution in [0.5, 0.6) is 0 Å². The van der Waals surface area contributed by atoms with Crippen molar-refractivity contribution in [3.05, 3.63) is 130 Å². The van der Waals surface area contributed by atoms with Crippen molar-refractivity contribution >= 4 is 43.5 Å². The Hall–Kier alpha value is -4.02. The maximum Gasteiger partial charge on any atom is 0.264 e. The maximum atomic E-state index is 14.2. The minimum atomic E-state index is -4.19. The first-order valence-corrected chi connectivity index (χ1v) is 15.5. The second-order valence-electron chi connectivity index (χ2n) is 9.77. The van der Waals surface area contributed by atoms with Gasteiger partial charge in [-0.1, -0.05) is 82.2 Å². The number of rotatable bonds is 11. The summed E-state index contributed by atoms with van der Waals surface area (Å²) in [5.41, 5.74) is 2.57. The Labute approximate surface area is 254 Å². The summed E-state index contributed by atoms with van der Waals surface area (Å²) in [6.07, 6.45) is 0.190. The summed E-state index contributed by atoms with van der Waals surface area (Å²) >= 11 is 3.40. The van der Waals surface area contributed by atoms with Crippen LogP contribution in [0.2, 0.25) is 0 Å². The molecule has 0 aliphatic rings. The summed E-state index contributed by atoms with van der Waals surface area (Å²) in [4.78, 5) is 28.9. The predicted octanol–water partition coefficient (Wildman–Crippen LogP) is 5.48. The summed E-state index contributed by atoms with van der Waals surface area (Å²) in [5.74, 6) is -1.45. The predicted molar refractivity (Wildman–Crippen MR) is 165 cm³/mol. The molecule has 218 valence electrons. The van der Waals surface area contributed by atoms with E-state index in [4.69, 9.17) is 0 Å². The van der Waals surface area contributed by atoms with E-state index in [1.165, 1.54) is 48.3 Å². The number of nitrogens with one attached hydrogen (secondary N) is 1. The standard InChI is InChI=1S/C32H31BrFN3O4S/c1-23-11-17-29(18-12-23)42(40,41)37(28-10-6-9-26(33)20-28)22-31(38)36(21-25-13-15-27(34)16-14-25)30(32(39)35-2)19-24-7-4-3-5-8-24/h3-18,20,30H,19,21-22H2,1-2H3,(H,35,39)/t30-/m0/s1. The SMILES string of the molecule is CNC(=O)[C@H](Cc1ccccc1)N(Cc1ccc(F)cc1)C(=O)CN(c1cccc(Br)c1)S(=O)(=O)c1ccc(C)cc1. The highest BCUT2D eigenvalue weighted by Gasteiger charge is 2.34. The molecular weight excluding hydrogens is 621 g/mol. The average molecular weight is 653 g/mol. The van der Waals surface area contributed by atoms with Crippen LogP contribution in [0.1, 0.15) is 16.7 Å². The number of anilines is 1. The zero-order chi connectivity index (χ0) is 30.3. The van der Waals surface area contributed by atoms with Crippen molar-refractivity contribution in [1.29, 1.82) is 0 Å². The largest absolute Gasteiger partial charge is 0.357 e. The molecule has 0 fully saturated rings. The maximum absolute atomic E-state index is 14.2. The molecule has 1 atom stereocenters. The molecule has 0 aliphatic heterocycles. The van der Waals surface area contributed by atoms with Crippen molar-refractivity contribution < 1.29 is 22.4 Å². The second kappa shape index (κ2) is 13.8. The van der Waals surface area contributed by atoms with Gasteiger partial charge in [0.15, 0.2) is 0 Å². The van der Waals surface area contributed by atoms with Crippen molar-refractivity contribution in [2.75, 3.05) is 17.9 Å². The molecular formula is C32H31BrFN3O4S. The highest BCUT2D eigenvalue weighted by Crippen LogP contribution is 2.27. The number of nitrogens with zero attached hydrogens (tertiary/aromatic N) is 2. The number of halogens is 2. The van der Waals surface area contributed by atoms with Crippen LogP contribution >= 0.6 is 15.9 Å². The first-order chi connectivity index (χ1) is 20.1. The molecule has 4 aromatic rings. The van der Waals surface area contributed by atoms with Gasteiger partial charge in [0.05, 0.1) is 10.6 Å². The van der Waals surface area contributed by atoms with Gasteiger partial charge < -0.3 is 10.2 Å². The highest BCUT2D eigenvalue weighted by atomic mass is 79.9. The van der Waals surface area contributed by atoms with Crippen molar-refractivity contribution in [3.63, 3.8) is 0 Å². The molecule has 0 aromatic heterocycles. The van der Waals surface area contributed by atoms with Crippen LogP contribution in [0.4, 0.5) is 10.1 Å². The number of benzene rings is 4. The van der Waals surface area contributed by atoms with Gasteiger partial charge in [-0.15, -0.1) is 0 Å². The lowest BCUT2D eigenvalue weighted by molar-refractivity contribution is -0.139. The van der Waals surface area contributed by atoms with E-state index in [1.807, 2.05) is 37.3 Å². The average Bonchev–Trinajstić information content (AvgIpc) is 2.98. The van der Waals surface area contributed by atoms with Crippen LogP contribution in [0.3, 0.4) is 0 Å². The third-order valence-corrected chi connectivity index (χ3v) is 9.05. The molecule has 1 N–H and O–H groups in total. The van der Waals surface area contributed by atoms with Gasteiger partial charge in [0.25, 0.3) is 10.0 Å². The molecule has 0 aliphatic carbocycles. The van der Waals surface area contributed by atoms with Gasteiger partial charge in [0.1, 0.15) is 18.4 Å². The van der Waals surface area contributed by atoms with E-state index in [-0.39, 0.29) is 23.5 Å². The number of hydrogen-bond donors (Lipinski definition) is 1. The Morgan fingerprint density at radius 2 is 1.55 bits per heavy atom. The molecule has 0 saturated heterocycles. The number of carbonyl (C=O) groups is 2. The van der Waals surface area contributed by atoms with E-state index in [0.29, 0.717) is 10.0 Å². The zero-order valence-corrected chi connectivity index (χ0v) is 25.6. The number of aryl methyl sites for hydroxylation is 1. The zero-order valence-electron chi connectivity index (χ0n) is 23.2. The summed E-state index contributed by atoms with van der Waals surface area (Å²) in [6.45, 7) is 1.24. The van der Waals surface area contributed by atoms with E-state index >= 15 is 0 Å². The Morgan fingerprint density at radius 1 is 0.881 bits per heavy atom. The number of hydrogen-bond acceptors (Lipinski definition) is 4. The molecule has 0 radical (unpaired) electrons. The number of sulfonamides is 1. The molecule has 4 rings (SSSR count). The molecule has 0 heterocycles. The molecule has 2 amide bonds. The van der Waals surface area contributed by atoms with Crippen LogP contribution < -0.4 is 9.62 Å². The van der Waals surface area contributed by atoms with Gasteiger partial charge in [0, 0.05) is 24.5 Å². The Kier molecular flexibility index (Phi) is 10.1. The summed E-state index contributed by atoms with van der Waals surface area (Å²) in [7, 11) is -2.71. The van der Waals surface area contributed by atoms with E-state index in [2.05, 4.69) is 21.2 Å². The molecule has 42 heavy (non-hydrogen) atoms.